The zero-order valence-corrected chi connectivity index (χ0v) is 9.94. The van der Waals surface area contributed by atoms with E-state index in [0.717, 1.165) is 19.5 Å². The minimum absolute atomic E-state index is 0.422. The van der Waals surface area contributed by atoms with E-state index in [-0.39, 0.29) is 0 Å². The second kappa shape index (κ2) is 4.15. The Morgan fingerprint density at radius 1 is 1.41 bits per heavy atom. The number of nitrogens with zero attached hydrogens (tertiary/aromatic N) is 4. The Bertz CT molecular complexity index is 584. The maximum atomic E-state index is 8.83. The number of thiophene rings is 1. The van der Waals surface area contributed by atoms with Crippen LogP contribution >= 0.6 is 11.3 Å². The van der Waals surface area contributed by atoms with Gasteiger partial charge in [-0.2, -0.15) is 5.26 Å². The molecule has 4 nitrogen and oxygen atoms in total. The van der Waals surface area contributed by atoms with Crippen LogP contribution in [0.5, 0.6) is 0 Å². The number of fused-ring (bicyclic) bond motifs is 1. The minimum Gasteiger partial charge on any atom is -0.336 e. The summed E-state index contributed by atoms with van der Waals surface area (Å²) in [6.07, 6.45) is 2.68. The normalized spacial score (nSPS) is 14.2. The molecule has 0 saturated carbocycles. The van der Waals surface area contributed by atoms with Gasteiger partial charge in [0.25, 0.3) is 0 Å². The number of hydrogen-bond donors (Lipinski definition) is 0. The largest absolute Gasteiger partial charge is 0.336 e. The van der Waals surface area contributed by atoms with Gasteiger partial charge in [0, 0.05) is 24.2 Å². The monoisotopic (exact) mass is 242 g/mol. The molecule has 2 aromatic heterocycles. The van der Waals surface area contributed by atoms with E-state index in [9.17, 15) is 0 Å². The van der Waals surface area contributed by atoms with Gasteiger partial charge in [-0.15, -0.1) is 11.3 Å². The van der Waals surface area contributed by atoms with Crippen LogP contribution in [0.1, 0.15) is 16.1 Å². The highest BCUT2D eigenvalue weighted by Crippen LogP contribution is 2.25. The molecule has 0 aliphatic carbocycles. The smallest absolute Gasteiger partial charge is 0.226 e. The Labute approximate surface area is 103 Å². The molecule has 0 radical (unpaired) electrons. The zero-order valence-electron chi connectivity index (χ0n) is 9.13. The Morgan fingerprint density at radius 2 is 2.35 bits per heavy atom. The molecule has 0 bridgehead atoms. The van der Waals surface area contributed by atoms with E-state index in [1.165, 1.54) is 10.4 Å². The van der Waals surface area contributed by atoms with Crippen LogP contribution < -0.4 is 4.90 Å². The van der Waals surface area contributed by atoms with Crippen molar-refractivity contribution in [3.63, 3.8) is 0 Å². The Balaban J connectivity index is 1.89. The fourth-order valence-electron chi connectivity index (χ4n) is 1.98. The molecule has 84 valence electrons. The highest BCUT2D eigenvalue weighted by atomic mass is 32.1. The first-order chi connectivity index (χ1) is 8.36. The summed E-state index contributed by atoms with van der Waals surface area (Å²) in [7, 11) is 0. The first-order valence-corrected chi connectivity index (χ1v) is 6.28. The van der Waals surface area contributed by atoms with Crippen molar-refractivity contribution in [1.29, 1.82) is 5.26 Å². The molecule has 0 aromatic carbocycles. The van der Waals surface area contributed by atoms with Gasteiger partial charge in [-0.05, 0) is 29.5 Å². The van der Waals surface area contributed by atoms with Gasteiger partial charge in [-0.1, -0.05) is 0 Å². The second-order valence-electron chi connectivity index (χ2n) is 3.89. The maximum absolute atomic E-state index is 8.83. The Hall–Kier alpha value is -1.93. The van der Waals surface area contributed by atoms with Crippen LogP contribution in [-0.2, 0) is 13.0 Å². The van der Waals surface area contributed by atoms with Crippen molar-refractivity contribution in [2.45, 2.75) is 13.0 Å². The Morgan fingerprint density at radius 3 is 3.24 bits per heavy atom. The standard InChI is InChI=1S/C12H10N4S/c13-7-10-1-4-14-12(15-10)16-5-2-11-9(8-16)3-6-17-11/h1,3-4,6H,2,5,8H2. The fraction of sp³-hybridized carbons (Fsp3) is 0.250. The van der Waals surface area contributed by atoms with Gasteiger partial charge in [0.05, 0.1) is 0 Å². The molecule has 0 amide bonds. The van der Waals surface area contributed by atoms with E-state index in [1.807, 2.05) is 17.4 Å². The van der Waals surface area contributed by atoms with Gasteiger partial charge in [0.1, 0.15) is 11.8 Å². The summed E-state index contributed by atoms with van der Waals surface area (Å²) in [5, 5.41) is 11.0. The third kappa shape index (κ3) is 1.87. The first kappa shape index (κ1) is 10.2. The summed E-state index contributed by atoms with van der Waals surface area (Å²) in [5.41, 5.74) is 1.78. The lowest BCUT2D eigenvalue weighted by molar-refractivity contribution is 0.717. The minimum atomic E-state index is 0.422. The van der Waals surface area contributed by atoms with Crippen LogP contribution in [0.25, 0.3) is 0 Å². The third-order valence-corrected chi connectivity index (χ3v) is 3.87. The quantitative estimate of drug-likeness (QED) is 0.767. The van der Waals surface area contributed by atoms with Crippen molar-refractivity contribution in [3.05, 3.63) is 39.8 Å². The van der Waals surface area contributed by atoms with Crippen molar-refractivity contribution >= 4 is 17.3 Å². The summed E-state index contributed by atoms with van der Waals surface area (Å²) >= 11 is 1.81. The molecule has 3 rings (SSSR count). The summed E-state index contributed by atoms with van der Waals surface area (Å²) < 4.78 is 0. The number of rotatable bonds is 1. The number of aromatic nitrogens is 2. The van der Waals surface area contributed by atoms with Gasteiger partial charge in [0.15, 0.2) is 0 Å². The molecule has 0 spiro atoms. The van der Waals surface area contributed by atoms with Crippen LogP contribution in [0, 0.1) is 11.3 Å². The average Bonchev–Trinajstić information content (AvgIpc) is 2.86. The average molecular weight is 242 g/mol. The van der Waals surface area contributed by atoms with Gasteiger partial charge in [0.2, 0.25) is 5.95 Å². The lowest BCUT2D eigenvalue weighted by atomic mass is 10.1. The van der Waals surface area contributed by atoms with Gasteiger partial charge < -0.3 is 4.90 Å². The molecule has 0 N–H and O–H groups in total. The molecule has 0 fully saturated rings. The number of anilines is 1. The van der Waals surface area contributed by atoms with E-state index in [4.69, 9.17) is 5.26 Å². The molecule has 0 unspecified atom stereocenters. The lowest BCUT2D eigenvalue weighted by Crippen LogP contribution is -2.30. The van der Waals surface area contributed by atoms with Crippen molar-refractivity contribution in [2.24, 2.45) is 0 Å². The van der Waals surface area contributed by atoms with Crippen molar-refractivity contribution in [2.75, 3.05) is 11.4 Å². The van der Waals surface area contributed by atoms with E-state index >= 15 is 0 Å². The van der Waals surface area contributed by atoms with Gasteiger partial charge in [-0.3, -0.25) is 0 Å². The van der Waals surface area contributed by atoms with Crippen LogP contribution in [0.3, 0.4) is 0 Å². The molecule has 0 saturated heterocycles. The number of hydrogen-bond acceptors (Lipinski definition) is 5. The number of nitriles is 1. The topological polar surface area (TPSA) is 52.8 Å². The summed E-state index contributed by atoms with van der Waals surface area (Å²) in [6.45, 7) is 1.76. The SMILES string of the molecule is N#Cc1ccnc(N2CCc3sccc3C2)n1. The predicted molar refractivity (Wildman–Crippen MR) is 65.8 cm³/mol. The van der Waals surface area contributed by atoms with E-state index < -0.39 is 0 Å². The van der Waals surface area contributed by atoms with E-state index in [1.54, 1.807) is 12.3 Å². The van der Waals surface area contributed by atoms with Crippen LogP contribution in [0.4, 0.5) is 5.95 Å². The molecule has 5 heteroatoms. The van der Waals surface area contributed by atoms with Gasteiger partial charge in [-0.25, -0.2) is 9.97 Å². The van der Waals surface area contributed by atoms with E-state index in [2.05, 4.69) is 26.3 Å². The van der Waals surface area contributed by atoms with Crippen LogP contribution in [0.15, 0.2) is 23.7 Å². The second-order valence-corrected chi connectivity index (χ2v) is 4.89. The maximum Gasteiger partial charge on any atom is 0.226 e. The summed E-state index contributed by atoms with van der Waals surface area (Å²) in [5.74, 6) is 0.654. The molecular weight excluding hydrogens is 232 g/mol. The van der Waals surface area contributed by atoms with Crippen molar-refractivity contribution < 1.29 is 0 Å². The van der Waals surface area contributed by atoms with Gasteiger partial charge >= 0.3 is 0 Å². The predicted octanol–water partition coefficient (Wildman–Crippen LogP) is 1.97. The highest BCUT2D eigenvalue weighted by molar-refractivity contribution is 7.10. The molecule has 17 heavy (non-hydrogen) atoms. The van der Waals surface area contributed by atoms with Crippen LogP contribution in [-0.4, -0.2) is 16.5 Å². The summed E-state index contributed by atoms with van der Waals surface area (Å²) in [4.78, 5) is 12.0. The molecule has 3 heterocycles. The molecule has 0 atom stereocenters. The third-order valence-electron chi connectivity index (χ3n) is 2.85. The Kier molecular flexibility index (Phi) is 2.50. The summed E-state index contributed by atoms with van der Waals surface area (Å²) in [6, 6.07) is 5.83. The fourth-order valence-corrected chi connectivity index (χ4v) is 2.87. The van der Waals surface area contributed by atoms with Crippen molar-refractivity contribution in [3.8, 4) is 6.07 Å². The first-order valence-electron chi connectivity index (χ1n) is 5.40. The van der Waals surface area contributed by atoms with Crippen LogP contribution in [0.2, 0.25) is 0 Å². The molecule has 1 aliphatic heterocycles. The molecular formula is C12H10N4S. The molecule has 1 aliphatic rings. The lowest BCUT2D eigenvalue weighted by Gasteiger charge is -2.26. The van der Waals surface area contributed by atoms with E-state index in [0.29, 0.717) is 11.6 Å². The highest BCUT2D eigenvalue weighted by Gasteiger charge is 2.19. The zero-order chi connectivity index (χ0) is 11.7. The van der Waals surface area contributed by atoms with Crippen molar-refractivity contribution in [1.82, 2.24) is 9.97 Å². The molecule has 2 aromatic rings.